The number of aryl methyl sites for hydroxylation is 1. The van der Waals surface area contributed by atoms with Crippen LogP contribution < -0.4 is 0 Å². The Balaban J connectivity index is 1.79. The summed E-state index contributed by atoms with van der Waals surface area (Å²) in [5.74, 6) is 0.970. The summed E-state index contributed by atoms with van der Waals surface area (Å²) >= 11 is 0. The average molecular weight is 290 g/mol. The Morgan fingerprint density at radius 2 is 1.90 bits per heavy atom. The highest BCUT2D eigenvalue weighted by atomic mass is 16.2. The third-order valence-electron chi connectivity index (χ3n) is 4.61. The lowest BCUT2D eigenvalue weighted by Crippen LogP contribution is -2.39. The maximum atomic E-state index is 12.5. The zero-order valence-corrected chi connectivity index (χ0v) is 13.1. The highest BCUT2D eigenvalue weighted by molar-refractivity contribution is 5.94. The first-order valence-corrected chi connectivity index (χ1v) is 7.43. The van der Waals surface area contributed by atoms with Gasteiger partial charge in [-0.3, -0.25) is 14.3 Å². The Morgan fingerprint density at radius 3 is 2.48 bits per heavy atom. The molecular weight excluding hydrogens is 268 g/mol. The second kappa shape index (κ2) is 4.86. The van der Waals surface area contributed by atoms with E-state index in [-0.39, 0.29) is 17.7 Å². The van der Waals surface area contributed by atoms with Gasteiger partial charge in [-0.2, -0.15) is 5.10 Å². The van der Waals surface area contributed by atoms with E-state index in [0.29, 0.717) is 24.7 Å². The predicted octanol–water partition coefficient (Wildman–Crippen LogP) is 1.01. The van der Waals surface area contributed by atoms with Gasteiger partial charge in [0.2, 0.25) is 5.91 Å². The number of carbonyl (C=O) groups excluding carboxylic acids is 2. The summed E-state index contributed by atoms with van der Waals surface area (Å²) in [6.45, 7) is 3.27. The van der Waals surface area contributed by atoms with E-state index < -0.39 is 0 Å². The predicted molar refractivity (Wildman–Crippen MR) is 77.4 cm³/mol. The van der Waals surface area contributed by atoms with Crippen molar-refractivity contribution in [2.24, 2.45) is 18.9 Å². The normalized spacial score (nSPS) is 23.7. The lowest BCUT2D eigenvalue weighted by Gasteiger charge is -2.34. The summed E-state index contributed by atoms with van der Waals surface area (Å²) in [6, 6.07) is 0. The molecule has 21 heavy (non-hydrogen) atoms. The molecule has 2 heterocycles. The van der Waals surface area contributed by atoms with Gasteiger partial charge in [0.1, 0.15) is 0 Å². The van der Waals surface area contributed by atoms with E-state index in [1.807, 2.05) is 11.9 Å². The van der Waals surface area contributed by atoms with Gasteiger partial charge >= 0.3 is 0 Å². The molecule has 1 aromatic rings. The molecule has 2 aliphatic rings. The van der Waals surface area contributed by atoms with Crippen LogP contribution in [0.15, 0.2) is 0 Å². The number of amides is 2. The van der Waals surface area contributed by atoms with Crippen LogP contribution in [0.4, 0.5) is 0 Å². The summed E-state index contributed by atoms with van der Waals surface area (Å²) in [5, 5.41) is 4.33. The Morgan fingerprint density at radius 1 is 1.24 bits per heavy atom. The van der Waals surface area contributed by atoms with Crippen LogP contribution in [-0.2, 0) is 24.9 Å². The monoisotopic (exact) mass is 290 g/mol. The maximum Gasteiger partial charge on any atom is 0.274 e. The number of hydrogen-bond acceptors (Lipinski definition) is 3. The molecule has 0 spiro atoms. The zero-order valence-electron chi connectivity index (χ0n) is 13.1. The molecule has 0 radical (unpaired) electrons. The van der Waals surface area contributed by atoms with Crippen molar-refractivity contribution >= 4 is 11.8 Å². The minimum Gasteiger partial charge on any atom is -0.343 e. The first-order chi connectivity index (χ1) is 9.88. The van der Waals surface area contributed by atoms with Crippen molar-refractivity contribution in [1.82, 2.24) is 19.6 Å². The minimum atomic E-state index is -0.0987. The number of hydrogen-bond donors (Lipinski definition) is 0. The quantitative estimate of drug-likeness (QED) is 0.817. The van der Waals surface area contributed by atoms with Crippen LogP contribution >= 0.6 is 0 Å². The van der Waals surface area contributed by atoms with Gasteiger partial charge < -0.3 is 9.80 Å². The molecule has 1 aromatic heterocycles. The molecule has 0 aromatic carbocycles. The molecular formula is C15H22N4O2. The Labute approximate surface area is 124 Å². The van der Waals surface area contributed by atoms with Gasteiger partial charge in [0, 0.05) is 32.6 Å². The van der Waals surface area contributed by atoms with Crippen LogP contribution in [0, 0.1) is 11.8 Å². The van der Waals surface area contributed by atoms with Gasteiger partial charge in [-0.25, -0.2) is 0 Å². The van der Waals surface area contributed by atoms with Gasteiger partial charge in [-0.1, -0.05) is 6.92 Å². The molecule has 1 saturated carbocycles. The van der Waals surface area contributed by atoms with E-state index in [2.05, 4.69) is 12.0 Å². The van der Waals surface area contributed by atoms with Crippen LogP contribution in [0.1, 0.15) is 41.5 Å². The third-order valence-corrected chi connectivity index (χ3v) is 4.61. The SMILES string of the molecule is CC1CC(C(=O)N2Cc3c(C(=O)N(C)C)nn(C)c3C2)C1. The third kappa shape index (κ3) is 2.22. The van der Waals surface area contributed by atoms with Crippen molar-refractivity contribution in [3.63, 3.8) is 0 Å². The largest absolute Gasteiger partial charge is 0.343 e. The number of nitrogens with zero attached hydrogens (tertiary/aromatic N) is 4. The van der Waals surface area contributed by atoms with Gasteiger partial charge in [0.25, 0.3) is 5.91 Å². The lowest BCUT2D eigenvalue weighted by molar-refractivity contribution is -0.140. The fourth-order valence-corrected chi connectivity index (χ4v) is 3.30. The van der Waals surface area contributed by atoms with E-state index in [9.17, 15) is 9.59 Å². The standard InChI is InChI=1S/C15H22N4O2/c1-9-5-10(6-9)14(20)19-7-11-12(8-19)18(4)16-13(11)15(21)17(2)3/h9-10H,5-8H2,1-4H3. The lowest BCUT2D eigenvalue weighted by atomic mass is 9.75. The summed E-state index contributed by atoms with van der Waals surface area (Å²) in [5.41, 5.74) is 2.38. The maximum absolute atomic E-state index is 12.5. The molecule has 114 valence electrons. The fraction of sp³-hybridized carbons (Fsp3) is 0.667. The van der Waals surface area contributed by atoms with E-state index >= 15 is 0 Å². The van der Waals surface area contributed by atoms with Gasteiger partial charge in [0.15, 0.2) is 5.69 Å². The number of fused-ring (bicyclic) bond motifs is 1. The highest BCUT2D eigenvalue weighted by Crippen LogP contribution is 2.36. The first kappa shape index (κ1) is 14.1. The van der Waals surface area contributed by atoms with Crippen molar-refractivity contribution in [2.75, 3.05) is 14.1 Å². The van der Waals surface area contributed by atoms with Crippen LogP contribution in [0.3, 0.4) is 0 Å². The van der Waals surface area contributed by atoms with Crippen LogP contribution in [0.2, 0.25) is 0 Å². The van der Waals surface area contributed by atoms with E-state index in [4.69, 9.17) is 0 Å². The second-order valence-corrected chi connectivity index (χ2v) is 6.56. The molecule has 1 fully saturated rings. The fourth-order valence-electron chi connectivity index (χ4n) is 3.30. The molecule has 0 N–H and O–H groups in total. The summed E-state index contributed by atoms with van der Waals surface area (Å²) in [4.78, 5) is 28.1. The summed E-state index contributed by atoms with van der Waals surface area (Å²) in [6.07, 6.45) is 1.99. The van der Waals surface area contributed by atoms with Crippen molar-refractivity contribution in [3.8, 4) is 0 Å². The topological polar surface area (TPSA) is 58.4 Å². The average Bonchev–Trinajstić information content (AvgIpc) is 2.94. The zero-order chi connectivity index (χ0) is 15.3. The Kier molecular flexibility index (Phi) is 3.26. The highest BCUT2D eigenvalue weighted by Gasteiger charge is 2.38. The van der Waals surface area contributed by atoms with Crippen molar-refractivity contribution in [1.29, 1.82) is 0 Å². The number of rotatable bonds is 2. The molecule has 1 aliphatic carbocycles. The van der Waals surface area contributed by atoms with Crippen molar-refractivity contribution in [3.05, 3.63) is 17.0 Å². The Hall–Kier alpha value is -1.85. The van der Waals surface area contributed by atoms with Gasteiger partial charge in [-0.15, -0.1) is 0 Å². The summed E-state index contributed by atoms with van der Waals surface area (Å²) in [7, 11) is 5.28. The minimum absolute atomic E-state index is 0.0987. The molecule has 6 heteroatoms. The second-order valence-electron chi connectivity index (χ2n) is 6.56. The molecule has 1 aliphatic heterocycles. The van der Waals surface area contributed by atoms with Crippen LogP contribution in [0.5, 0.6) is 0 Å². The molecule has 0 bridgehead atoms. The van der Waals surface area contributed by atoms with Crippen molar-refractivity contribution in [2.45, 2.75) is 32.9 Å². The van der Waals surface area contributed by atoms with E-state index in [0.717, 1.165) is 24.1 Å². The smallest absolute Gasteiger partial charge is 0.274 e. The van der Waals surface area contributed by atoms with Gasteiger partial charge in [-0.05, 0) is 18.8 Å². The van der Waals surface area contributed by atoms with Crippen molar-refractivity contribution < 1.29 is 9.59 Å². The molecule has 0 unspecified atom stereocenters. The Bertz CT molecular complexity index is 599. The first-order valence-electron chi connectivity index (χ1n) is 7.43. The van der Waals surface area contributed by atoms with E-state index in [1.54, 1.807) is 18.8 Å². The molecule has 0 saturated heterocycles. The van der Waals surface area contributed by atoms with E-state index in [1.165, 1.54) is 4.90 Å². The number of carbonyl (C=O) groups is 2. The van der Waals surface area contributed by atoms with Gasteiger partial charge in [0.05, 0.1) is 18.8 Å². The summed E-state index contributed by atoms with van der Waals surface area (Å²) < 4.78 is 1.74. The van der Waals surface area contributed by atoms with Crippen LogP contribution in [-0.4, -0.2) is 45.5 Å². The van der Waals surface area contributed by atoms with Crippen LogP contribution in [0.25, 0.3) is 0 Å². The molecule has 0 atom stereocenters. The molecule has 3 rings (SSSR count). The molecule has 6 nitrogen and oxygen atoms in total. The number of aromatic nitrogens is 2. The molecule has 2 amide bonds.